The minimum atomic E-state index is 0.154. The van der Waals surface area contributed by atoms with Crippen LogP contribution in [0.1, 0.15) is 46.5 Å². The smallest absolute Gasteiger partial charge is 0.0275 e. The van der Waals surface area contributed by atoms with Crippen LogP contribution in [0.3, 0.4) is 0 Å². The molecule has 0 heterocycles. The molecule has 1 saturated carbocycles. The molecule has 0 aromatic carbocycles. The molecule has 14 heavy (non-hydrogen) atoms. The van der Waals surface area contributed by atoms with E-state index in [2.05, 4.69) is 32.7 Å². The Balaban J connectivity index is 2.55. The zero-order chi connectivity index (χ0) is 10.8. The van der Waals surface area contributed by atoms with E-state index >= 15 is 0 Å². The van der Waals surface area contributed by atoms with Crippen LogP contribution in [0.2, 0.25) is 0 Å². The van der Waals surface area contributed by atoms with Gasteiger partial charge in [-0.2, -0.15) is 0 Å². The molecule has 0 spiro atoms. The van der Waals surface area contributed by atoms with E-state index in [4.69, 9.17) is 5.73 Å². The van der Waals surface area contributed by atoms with Crippen LogP contribution in [0, 0.1) is 5.92 Å². The molecule has 0 amide bonds. The van der Waals surface area contributed by atoms with E-state index in [0.717, 1.165) is 18.5 Å². The van der Waals surface area contributed by atoms with Crippen molar-refractivity contribution in [1.29, 1.82) is 0 Å². The lowest BCUT2D eigenvalue weighted by atomic mass is 9.84. The topological polar surface area (TPSA) is 29.3 Å². The molecule has 84 valence electrons. The van der Waals surface area contributed by atoms with Gasteiger partial charge in [-0.3, -0.25) is 4.90 Å². The van der Waals surface area contributed by atoms with Gasteiger partial charge in [-0.25, -0.2) is 0 Å². The van der Waals surface area contributed by atoms with Gasteiger partial charge in [-0.1, -0.05) is 19.8 Å². The summed E-state index contributed by atoms with van der Waals surface area (Å²) in [4.78, 5) is 2.49. The van der Waals surface area contributed by atoms with Gasteiger partial charge in [-0.05, 0) is 39.7 Å². The summed E-state index contributed by atoms with van der Waals surface area (Å²) in [5.74, 6) is 0.893. The summed E-state index contributed by atoms with van der Waals surface area (Å²) in [6.07, 6.45) is 5.49. The summed E-state index contributed by atoms with van der Waals surface area (Å²) < 4.78 is 0. The first-order chi connectivity index (χ1) is 6.47. The maximum absolute atomic E-state index is 5.81. The summed E-state index contributed by atoms with van der Waals surface area (Å²) in [5.41, 5.74) is 5.96. The van der Waals surface area contributed by atoms with Crippen molar-refractivity contribution < 1.29 is 0 Å². The van der Waals surface area contributed by atoms with Crippen molar-refractivity contribution in [2.24, 2.45) is 11.7 Å². The highest BCUT2D eigenvalue weighted by Gasteiger charge is 2.30. The molecule has 1 rings (SSSR count). The number of likely N-dealkylation sites (N-methyl/N-ethyl adjacent to an activating group) is 1. The second-order valence-corrected chi connectivity index (χ2v) is 5.55. The van der Waals surface area contributed by atoms with Gasteiger partial charge in [0.15, 0.2) is 0 Å². The summed E-state index contributed by atoms with van der Waals surface area (Å²) in [5, 5.41) is 0. The van der Waals surface area contributed by atoms with Crippen LogP contribution in [-0.2, 0) is 0 Å². The SMILES string of the molecule is CC1CCCC(N(C)C(C)(C)CN)C1. The van der Waals surface area contributed by atoms with E-state index in [1.54, 1.807) is 0 Å². The van der Waals surface area contributed by atoms with Crippen molar-refractivity contribution in [3.05, 3.63) is 0 Å². The number of rotatable bonds is 3. The van der Waals surface area contributed by atoms with Gasteiger partial charge in [0.25, 0.3) is 0 Å². The van der Waals surface area contributed by atoms with Gasteiger partial charge in [0.05, 0.1) is 0 Å². The quantitative estimate of drug-likeness (QED) is 0.753. The largest absolute Gasteiger partial charge is 0.329 e. The van der Waals surface area contributed by atoms with E-state index in [1.165, 1.54) is 25.7 Å². The average Bonchev–Trinajstić information content (AvgIpc) is 2.16. The highest BCUT2D eigenvalue weighted by atomic mass is 15.2. The Morgan fingerprint density at radius 3 is 2.50 bits per heavy atom. The highest BCUT2D eigenvalue weighted by Crippen LogP contribution is 2.29. The fourth-order valence-electron chi connectivity index (χ4n) is 2.39. The molecule has 2 unspecified atom stereocenters. The Hall–Kier alpha value is -0.0800. The third-order valence-electron chi connectivity index (χ3n) is 3.91. The van der Waals surface area contributed by atoms with Crippen LogP contribution < -0.4 is 5.73 Å². The van der Waals surface area contributed by atoms with Gasteiger partial charge in [-0.15, -0.1) is 0 Å². The van der Waals surface area contributed by atoms with Crippen molar-refractivity contribution in [2.45, 2.75) is 58.0 Å². The molecule has 0 bridgehead atoms. The predicted octanol–water partition coefficient (Wildman–Crippen LogP) is 2.23. The van der Waals surface area contributed by atoms with Crippen LogP contribution >= 0.6 is 0 Å². The van der Waals surface area contributed by atoms with E-state index < -0.39 is 0 Å². The van der Waals surface area contributed by atoms with E-state index in [0.29, 0.717) is 0 Å². The average molecular weight is 198 g/mol. The minimum absolute atomic E-state index is 0.154. The fourth-order valence-corrected chi connectivity index (χ4v) is 2.39. The Morgan fingerprint density at radius 1 is 1.36 bits per heavy atom. The van der Waals surface area contributed by atoms with E-state index in [1.807, 2.05) is 0 Å². The first-order valence-corrected chi connectivity index (χ1v) is 5.90. The maximum atomic E-state index is 5.81. The molecule has 0 saturated heterocycles. The first kappa shape index (κ1) is 12.0. The van der Waals surface area contributed by atoms with Crippen molar-refractivity contribution in [3.8, 4) is 0 Å². The molecular weight excluding hydrogens is 172 g/mol. The monoisotopic (exact) mass is 198 g/mol. The molecule has 2 atom stereocenters. The number of hydrogen-bond donors (Lipinski definition) is 1. The van der Waals surface area contributed by atoms with Crippen molar-refractivity contribution >= 4 is 0 Å². The van der Waals surface area contributed by atoms with E-state index in [9.17, 15) is 0 Å². The molecule has 0 aromatic rings. The summed E-state index contributed by atoms with van der Waals surface area (Å²) in [6, 6.07) is 0.747. The van der Waals surface area contributed by atoms with Gasteiger partial charge in [0.2, 0.25) is 0 Å². The standard InChI is InChI=1S/C12H26N2/c1-10-6-5-7-11(8-10)14(4)12(2,3)9-13/h10-11H,5-9,13H2,1-4H3. The van der Waals surface area contributed by atoms with Crippen LogP contribution in [0.25, 0.3) is 0 Å². The number of nitrogens with two attached hydrogens (primary N) is 1. The Kier molecular flexibility index (Phi) is 3.96. The van der Waals surface area contributed by atoms with Gasteiger partial charge >= 0.3 is 0 Å². The fraction of sp³-hybridized carbons (Fsp3) is 1.00. The van der Waals surface area contributed by atoms with Crippen LogP contribution in [0.15, 0.2) is 0 Å². The Bertz CT molecular complexity index is 177. The Morgan fingerprint density at radius 2 is 2.00 bits per heavy atom. The lowest BCUT2D eigenvalue weighted by Crippen LogP contribution is -2.52. The van der Waals surface area contributed by atoms with Crippen LogP contribution in [0.4, 0.5) is 0 Å². The molecule has 0 aliphatic heterocycles. The summed E-state index contributed by atoms with van der Waals surface area (Å²) >= 11 is 0. The van der Waals surface area contributed by atoms with Gasteiger partial charge in [0, 0.05) is 18.1 Å². The zero-order valence-electron chi connectivity index (χ0n) is 10.2. The lowest BCUT2D eigenvalue weighted by Gasteiger charge is -2.43. The highest BCUT2D eigenvalue weighted by molar-refractivity contribution is 4.87. The van der Waals surface area contributed by atoms with Crippen molar-refractivity contribution in [2.75, 3.05) is 13.6 Å². The predicted molar refractivity (Wildman–Crippen MR) is 62.3 cm³/mol. The third kappa shape index (κ3) is 2.71. The minimum Gasteiger partial charge on any atom is -0.329 e. The molecule has 2 nitrogen and oxygen atoms in total. The molecule has 0 aromatic heterocycles. The molecule has 2 N–H and O–H groups in total. The van der Waals surface area contributed by atoms with Crippen molar-refractivity contribution in [1.82, 2.24) is 4.90 Å². The molecule has 1 fully saturated rings. The number of hydrogen-bond acceptors (Lipinski definition) is 2. The molecule has 1 aliphatic carbocycles. The normalized spacial score (nSPS) is 29.6. The first-order valence-electron chi connectivity index (χ1n) is 5.90. The second-order valence-electron chi connectivity index (χ2n) is 5.55. The molecule has 2 heteroatoms. The van der Waals surface area contributed by atoms with Crippen LogP contribution in [0.5, 0.6) is 0 Å². The molecule has 1 aliphatic rings. The summed E-state index contributed by atoms with van der Waals surface area (Å²) in [7, 11) is 2.23. The second kappa shape index (κ2) is 4.63. The van der Waals surface area contributed by atoms with Gasteiger partial charge in [0.1, 0.15) is 0 Å². The molecule has 0 radical (unpaired) electrons. The van der Waals surface area contributed by atoms with Gasteiger partial charge < -0.3 is 5.73 Å². The van der Waals surface area contributed by atoms with Crippen LogP contribution in [-0.4, -0.2) is 30.1 Å². The molecular formula is C12H26N2. The lowest BCUT2D eigenvalue weighted by molar-refractivity contribution is 0.0710. The zero-order valence-corrected chi connectivity index (χ0v) is 10.2. The van der Waals surface area contributed by atoms with E-state index in [-0.39, 0.29) is 5.54 Å². The maximum Gasteiger partial charge on any atom is 0.0275 e. The summed E-state index contributed by atoms with van der Waals surface area (Å²) in [6.45, 7) is 7.60. The number of nitrogens with zero attached hydrogens (tertiary/aromatic N) is 1. The van der Waals surface area contributed by atoms with Crippen molar-refractivity contribution in [3.63, 3.8) is 0 Å². The Labute approximate surface area is 88.8 Å². The third-order valence-corrected chi connectivity index (χ3v) is 3.91.